The molecular formula is C39H52O5Si. The first-order valence-corrected chi connectivity index (χ1v) is 19.2. The van der Waals surface area contributed by atoms with Crippen LogP contribution in [-0.4, -0.2) is 41.9 Å². The third-order valence-electron chi connectivity index (χ3n) is 13.5. The van der Waals surface area contributed by atoms with E-state index in [-0.39, 0.29) is 34.3 Å². The summed E-state index contributed by atoms with van der Waals surface area (Å²) in [6.45, 7) is 11.5. The molecule has 4 aliphatic rings. The lowest BCUT2D eigenvalue weighted by Crippen LogP contribution is -2.69. The van der Waals surface area contributed by atoms with E-state index in [1.165, 1.54) is 10.4 Å². The lowest BCUT2D eigenvalue weighted by Gasteiger charge is -2.64. The molecule has 3 aromatic rings. The summed E-state index contributed by atoms with van der Waals surface area (Å²) in [6.07, 6.45) is 5.97. The Balaban J connectivity index is 1.20. The summed E-state index contributed by atoms with van der Waals surface area (Å²) in [5.41, 5.74) is -1.54. The number of aliphatic hydroxyl groups excluding tert-OH is 2. The van der Waals surface area contributed by atoms with Crippen LogP contribution in [0, 0.1) is 34.5 Å². The molecular weight excluding hydrogens is 577 g/mol. The average Bonchev–Trinajstić information content (AvgIpc) is 3.67. The Morgan fingerprint density at radius 1 is 0.756 bits per heavy atom. The monoisotopic (exact) mass is 628 g/mol. The maximum Gasteiger partial charge on any atom is 0.261 e. The molecule has 0 spiro atoms. The average molecular weight is 629 g/mol. The van der Waals surface area contributed by atoms with E-state index < -0.39 is 31.5 Å². The van der Waals surface area contributed by atoms with Crippen LogP contribution in [0.15, 0.2) is 83.5 Å². The summed E-state index contributed by atoms with van der Waals surface area (Å²) in [7, 11) is -2.74. The molecule has 7 rings (SSSR count). The fourth-order valence-electron chi connectivity index (χ4n) is 11.2. The molecule has 5 nitrogen and oxygen atoms in total. The number of aliphatic hydroxyl groups is 3. The molecule has 0 aliphatic heterocycles. The van der Waals surface area contributed by atoms with Gasteiger partial charge in [0.25, 0.3) is 8.32 Å². The smallest absolute Gasteiger partial charge is 0.261 e. The third kappa shape index (κ3) is 4.46. The van der Waals surface area contributed by atoms with E-state index in [1.807, 2.05) is 12.1 Å². The van der Waals surface area contributed by atoms with Gasteiger partial charge in [0.05, 0.1) is 18.5 Å². The van der Waals surface area contributed by atoms with Gasteiger partial charge >= 0.3 is 0 Å². The van der Waals surface area contributed by atoms with Gasteiger partial charge in [-0.2, -0.15) is 0 Å². The molecule has 242 valence electrons. The van der Waals surface area contributed by atoms with Gasteiger partial charge in [-0.1, -0.05) is 95.3 Å². The van der Waals surface area contributed by atoms with Crippen molar-refractivity contribution in [2.45, 2.75) is 109 Å². The van der Waals surface area contributed by atoms with Gasteiger partial charge in [0.2, 0.25) is 0 Å². The number of benzene rings is 2. The van der Waals surface area contributed by atoms with Crippen LogP contribution in [-0.2, 0) is 10.0 Å². The first kappa shape index (κ1) is 31.4. The van der Waals surface area contributed by atoms with Gasteiger partial charge in [-0.05, 0) is 102 Å². The molecule has 1 aromatic heterocycles. The van der Waals surface area contributed by atoms with Gasteiger partial charge in [0.15, 0.2) is 0 Å². The molecule has 3 N–H and O–H groups in total. The highest BCUT2D eigenvalue weighted by molar-refractivity contribution is 6.99. The van der Waals surface area contributed by atoms with Crippen molar-refractivity contribution in [3.63, 3.8) is 0 Å². The number of furan rings is 1. The van der Waals surface area contributed by atoms with E-state index in [9.17, 15) is 15.3 Å². The number of fused-ring (bicyclic) bond motifs is 5. The Kier molecular flexibility index (Phi) is 7.61. The van der Waals surface area contributed by atoms with Crippen molar-refractivity contribution >= 4 is 18.7 Å². The van der Waals surface area contributed by atoms with Gasteiger partial charge in [-0.3, -0.25) is 0 Å². The highest BCUT2D eigenvalue weighted by atomic mass is 28.4. The summed E-state index contributed by atoms with van der Waals surface area (Å²) < 4.78 is 13.4. The molecule has 1 unspecified atom stereocenters. The zero-order valence-corrected chi connectivity index (χ0v) is 28.7. The molecule has 2 aromatic carbocycles. The van der Waals surface area contributed by atoms with Gasteiger partial charge in [-0.15, -0.1) is 0 Å². The molecule has 45 heavy (non-hydrogen) atoms. The fraction of sp³-hybridized carbons (Fsp3) is 0.590. The Morgan fingerprint density at radius 3 is 1.96 bits per heavy atom. The number of rotatable bonds is 5. The van der Waals surface area contributed by atoms with Crippen molar-refractivity contribution in [2.24, 2.45) is 34.5 Å². The second-order valence-electron chi connectivity index (χ2n) is 16.4. The van der Waals surface area contributed by atoms with Crippen LogP contribution in [0.5, 0.6) is 0 Å². The fourth-order valence-corrected chi connectivity index (χ4v) is 15.9. The summed E-state index contributed by atoms with van der Waals surface area (Å²) >= 11 is 0. The Morgan fingerprint density at radius 2 is 1.38 bits per heavy atom. The first-order valence-electron chi connectivity index (χ1n) is 17.3. The Hall–Kier alpha value is -2.22. The van der Waals surface area contributed by atoms with Crippen molar-refractivity contribution in [2.75, 3.05) is 0 Å². The largest absolute Gasteiger partial charge is 0.466 e. The highest BCUT2D eigenvalue weighted by Crippen LogP contribution is 2.70. The van der Waals surface area contributed by atoms with E-state index in [2.05, 4.69) is 95.3 Å². The molecule has 0 bridgehead atoms. The summed E-state index contributed by atoms with van der Waals surface area (Å²) in [5, 5.41) is 38.6. The van der Waals surface area contributed by atoms with Crippen molar-refractivity contribution in [1.82, 2.24) is 0 Å². The maximum atomic E-state index is 12.1. The lowest BCUT2D eigenvalue weighted by atomic mass is 9.43. The van der Waals surface area contributed by atoms with E-state index in [4.69, 9.17) is 8.84 Å². The van der Waals surface area contributed by atoms with Gasteiger partial charge in [0, 0.05) is 11.5 Å². The standard InChI is InChI=1S/C39H52O5Si/c1-36(2,3)45(27-13-8-6-9-14-27,28-15-10-7-11-16-28)44-26-18-21-37(4)29-19-22-38(5)30(33(29)35(41)34(40)31(37)25-26)20-23-39(38,42)32-17-12-24-43-32/h6-17,24,26,29-31,33-35,40-42H,18-23,25H2,1-5H3/t26-,29-,30-,31+,33?,34+,35+,37+,38-,39+/m0/s1. The molecule has 4 aliphatic carbocycles. The third-order valence-corrected chi connectivity index (χ3v) is 18.6. The minimum absolute atomic E-state index is 0.00263. The predicted octanol–water partition coefficient (Wildman–Crippen LogP) is 6.40. The van der Waals surface area contributed by atoms with Crippen LogP contribution in [0.1, 0.15) is 85.3 Å². The Labute approximate surface area is 270 Å². The molecule has 0 saturated heterocycles. The lowest BCUT2D eigenvalue weighted by molar-refractivity contribution is -0.233. The van der Waals surface area contributed by atoms with Crippen molar-refractivity contribution < 1.29 is 24.2 Å². The van der Waals surface area contributed by atoms with Crippen LogP contribution in [0.25, 0.3) is 0 Å². The molecule has 0 radical (unpaired) electrons. The van der Waals surface area contributed by atoms with Gasteiger partial charge in [0.1, 0.15) is 11.4 Å². The predicted molar refractivity (Wildman–Crippen MR) is 180 cm³/mol. The zero-order valence-electron chi connectivity index (χ0n) is 27.7. The van der Waals surface area contributed by atoms with E-state index in [0.717, 1.165) is 38.5 Å². The molecule has 10 atom stereocenters. The molecule has 4 saturated carbocycles. The minimum Gasteiger partial charge on any atom is -0.466 e. The molecule has 6 heteroatoms. The van der Waals surface area contributed by atoms with Crippen molar-refractivity contribution in [3.05, 3.63) is 84.8 Å². The van der Waals surface area contributed by atoms with Crippen molar-refractivity contribution in [1.29, 1.82) is 0 Å². The highest BCUT2D eigenvalue weighted by Gasteiger charge is 2.69. The van der Waals surface area contributed by atoms with Crippen LogP contribution >= 0.6 is 0 Å². The summed E-state index contributed by atoms with van der Waals surface area (Å²) in [6, 6.07) is 25.4. The SMILES string of the molecule is CC(C)(C)[Si](O[C@H]1CC[C@@]2(C)[C@H](C1)[C@@H](O)[C@H](O)C1[C@@H]2CC[C@@]2(C)[C@H]1CC[C@@]2(O)c1ccco1)(c1ccccc1)c1ccccc1. The van der Waals surface area contributed by atoms with Crippen molar-refractivity contribution in [3.8, 4) is 0 Å². The van der Waals surface area contributed by atoms with E-state index >= 15 is 0 Å². The quantitative estimate of drug-likeness (QED) is 0.285. The zero-order chi connectivity index (χ0) is 31.8. The van der Waals surface area contributed by atoms with Gasteiger partial charge in [-0.25, -0.2) is 0 Å². The molecule has 4 fully saturated rings. The van der Waals surface area contributed by atoms with Gasteiger partial charge < -0.3 is 24.2 Å². The van der Waals surface area contributed by atoms with Crippen LogP contribution < -0.4 is 10.4 Å². The minimum atomic E-state index is -2.74. The number of hydrogen-bond acceptors (Lipinski definition) is 5. The number of hydrogen-bond donors (Lipinski definition) is 3. The Bertz CT molecular complexity index is 1430. The maximum absolute atomic E-state index is 12.1. The molecule has 1 heterocycles. The first-order chi connectivity index (χ1) is 21.4. The summed E-state index contributed by atoms with van der Waals surface area (Å²) in [4.78, 5) is 0. The van der Waals surface area contributed by atoms with E-state index in [1.54, 1.807) is 6.26 Å². The second kappa shape index (κ2) is 10.9. The molecule has 0 amide bonds. The normalized spacial score (nSPS) is 40.0. The van der Waals surface area contributed by atoms with Crippen LogP contribution in [0.4, 0.5) is 0 Å². The topological polar surface area (TPSA) is 83.1 Å². The summed E-state index contributed by atoms with van der Waals surface area (Å²) in [5.74, 6) is 0.979. The van der Waals surface area contributed by atoms with Crippen LogP contribution in [0.2, 0.25) is 5.04 Å². The van der Waals surface area contributed by atoms with E-state index in [0.29, 0.717) is 18.1 Å². The van der Waals surface area contributed by atoms with Crippen LogP contribution in [0.3, 0.4) is 0 Å². The second-order valence-corrected chi connectivity index (χ2v) is 20.6.